The Kier molecular flexibility index (Phi) is 4.19. The van der Waals surface area contributed by atoms with Gasteiger partial charge in [-0.15, -0.1) is 0 Å². The molecule has 2 atom stereocenters. The van der Waals surface area contributed by atoms with Crippen molar-refractivity contribution in [2.24, 2.45) is 0 Å². The third-order valence-corrected chi connectivity index (χ3v) is 3.79. The average molecular weight is 271 g/mol. The Labute approximate surface area is 112 Å². The number of halogens is 3. The predicted molar refractivity (Wildman–Crippen MR) is 70.1 cm³/mol. The summed E-state index contributed by atoms with van der Waals surface area (Å²) in [5, 5.41) is 2.73. The van der Waals surface area contributed by atoms with Crippen molar-refractivity contribution < 1.29 is 13.2 Å². The van der Waals surface area contributed by atoms with Crippen LogP contribution in [0.5, 0.6) is 0 Å². The molecule has 2 rings (SSSR count). The van der Waals surface area contributed by atoms with Gasteiger partial charge in [-0.25, -0.2) is 0 Å². The first-order valence-electron chi connectivity index (χ1n) is 6.80. The molecule has 1 N–H and O–H groups in total. The summed E-state index contributed by atoms with van der Waals surface area (Å²) in [6.45, 7) is 4.21. The van der Waals surface area contributed by atoms with Crippen molar-refractivity contribution in [3.63, 3.8) is 0 Å². The molecule has 0 saturated carbocycles. The van der Waals surface area contributed by atoms with E-state index in [1.807, 2.05) is 24.3 Å². The molecule has 1 heterocycles. The molecule has 1 aliphatic heterocycles. The van der Waals surface area contributed by atoms with Gasteiger partial charge in [0.1, 0.15) is 6.04 Å². The molecule has 1 aliphatic rings. The molecule has 19 heavy (non-hydrogen) atoms. The minimum atomic E-state index is -4.14. The maximum atomic E-state index is 12.7. The van der Waals surface area contributed by atoms with Crippen LogP contribution in [-0.2, 0) is 0 Å². The molecule has 1 saturated heterocycles. The molecule has 0 aliphatic carbocycles. The Morgan fingerprint density at radius 3 is 2.26 bits per heavy atom. The van der Waals surface area contributed by atoms with E-state index in [4.69, 9.17) is 0 Å². The van der Waals surface area contributed by atoms with Gasteiger partial charge in [-0.2, -0.15) is 13.2 Å². The normalized spacial score (nSPS) is 24.7. The Morgan fingerprint density at radius 1 is 1.11 bits per heavy atom. The van der Waals surface area contributed by atoms with Gasteiger partial charge in [0.25, 0.3) is 0 Å². The first-order chi connectivity index (χ1) is 8.88. The lowest BCUT2D eigenvalue weighted by Gasteiger charge is -2.32. The van der Waals surface area contributed by atoms with Gasteiger partial charge in [-0.1, -0.05) is 38.1 Å². The highest BCUT2D eigenvalue weighted by Crippen LogP contribution is 2.33. The average Bonchev–Trinajstić information content (AvgIpc) is 2.38. The largest absolute Gasteiger partial charge is 0.403 e. The van der Waals surface area contributed by atoms with Crippen molar-refractivity contribution in [3.8, 4) is 0 Å². The van der Waals surface area contributed by atoms with Crippen molar-refractivity contribution in [2.45, 2.75) is 57.3 Å². The summed E-state index contributed by atoms with van der Waals surface area (Å²) in [6.07, 6.45) is -2.57. The van der Waals surface area contributed by atoms with Crippen LogP contribution in [0.4, 0.5) is 13.2 Å². The molecule has 0 aromatic heterocycles. The molecule has 1 fully saturated rings. The topological polar surface area (TPSA) is 12.0 Å². The van der Waals surface area contributed by atoms with Gasteiger partial charge in [-0.05, 0) is 36.3 Å². The zero-order valence-electron chi connectivity index (χ0n) is 11.3. The van der Waals surface area contributed by atoms with Crippen LogP contribution in [0.25, 0.3) is 0 Å². The molecule has 1 aromatic rings. The van der Waals surface area contributed by atoms with Crippen molar-refractivity contribution in [1.29, 1.82) is 0 Å². The number of hydrogen-bond acceptors (Lipinski definition) is 1. The van der Waals surface area contributed by atoms with Crippen molar-refractivity contribution in [1.82, 2.24) is 5.32 Å². The first kappa shape index (κ1) is 14.4. The van der Waals surface area contributed by atoms with E-state index in [0.717, 1.165) is 12.0 Å². The molecule has 1 nitrogen and oxygen atoms in total. The molecule has 4 heteroatoms. The van der Waals surface area contributed by atoms with Crippen LogP contribution in [0.3, 0.4) is 0 Å². The van der Waals surface area contributed by atoms with E-state index in [-0.39, 0.29) is 12.5 Å². The molecule has 0 bridgehead atoms. The van der Waals surface area contributed by atoms with E-state index in [2.05, 4.69) is 19.2 Å². The van der Waals surface area contributed by atoms with Gasteiger partial charge < -0.3 is 0 Å². The SMILES string of the molecule is CC(C)c1ccc(C2CCCC(C(F)(F)F)N2)cc1. The highest BCUT2D eigenvalue weighted by Gasteiger charge is 2.42. The summed E-state index contributed by atoms with van der Waals surface area (Å²) < 4.78 is 38.2. The molecule has 0 amide bonds. The van der Waals surface area contributed by atoms with Gasteiger partial charge in [0.2, 0.25) is 0 Å². The van der Waals surface area contributed by atoms with Gasteiger partial charge in [0.05, 0.1) is 0 Å². The van der Waals surface area contributed by atoms with Gasteiger partial charge in [0.15, 0.2) is 0 Å². The van der Waals surface area contributed by atoms with E-state index >= 15 is 0 Å². The van der Waals surface area contributed by atoms with Crippen molar-refractivity contribution in [2.75, 3.05) is 0 Å². The quantitative estimate of drug-likeness (QED) is 0.831. The fourth-order valence-corrected chi connectivity index (χ4v) is 2.57. The molecule has 0 radical (unpaired) electrons. The summed E-state index contributed by atoms with van der Waals surface area (Å²) in [4.78, 5) is 0. The Bertz CT molecular complexity index is 408. The molecular weight excluding hydrogens is 251 g/mol. The second-order valence-corrected chi connectivity index (χ2v) is 5.57. The molecule has 2 unspecified atom stereocenters. The number of hydrogen-bond donors (Lipinski definition) is 1. The lowest BCUT2D eigenvalue weighted by Crippen LogP contribution is -2.46. The third-order valence-electron chi connectivity index (χ3n) is 3.79. The molecule has 106 valence electrons. The molecular formula is C15H20F3N. The van der Waals surface area contributed by atoms with E-state index in [1.54, 1.807) is 0 Å². The molecule has 1 aromatic carbocycles. The minimum absolute atomic E-state index is 0.179. The summed E-state index contributed by atoms with van der Waals surface area (Å²) in [7, 11) is 0. The predicted octanol–water partition coefficient (Wildman–Crippen LogP) is 4.56. The summed E-state index contributed by atoms with van der Waals surface area (Å²) in [5.74, 6) is 0.441. The highest BCUT2D eigenvalue weighted by atomic mass is 19.4. The Hall–Kier alpha value is -1.03. The second-order valence-electron chi connectivity index (χ2n) is 5.57. The van der Waals surface area contributed by atoms with Gasteiger partial charge in [-0.3, -0.25) is 5.32 Å². The maximum absolute atomic E-state index is 12.7. The van der Waals surface area contributed by atoms with Crippen LogP contribution in [-0.4, -0.2) is 12.2 Å². The van der Waals surface area contributed by atoms with E-state index < -0.39 is 12.2 Å². The van der Waals surface area contributed by atoms with Crippen LogP contribution >= 0.6 is 0 Å². The minimum Gasteiger partial charge on any atom is -0.299 e. The summed E-state index contributed by atoms with van der Waals surface area (Å²) in [5.41, 5.74) is 2.17. The number of alkyl halides is 3. The summed E-state index contributed by atoms with van der Waals surface area (Å²) >= 11 is 0. The highest BCUT2D eigenvalue weighted by molar-refractivity contribution is 5.27. The van der Waals surface area contributed by atoms with Crippen LogP contribution in [0.15, 0.2) is 24.3 Å². The third kappa shape index (κ3) is 3.50. The second kappa shape index (κ2) is 5.53. The van der Waals surface area contributed by atoms with Crippen LogP contribution in [0, 0.1) is 0 Å². The monoisotopic (exact) mass is 271 g/mol. The number of nitrogens with one attached hydrogen (secondary N) is 1. The summed E-state index contributed by atoms with van der Waals surface area (Å²) in [6, 6.07) is 6.38. The zero-order chi connectivity index (χ0) is 14.0. The number of rotatable bonds is 2. The van der Waals surface area contributed by atoms with Gasteiger partial charge >= 0.3 is 6.18 Å². The number of benzene rings is 1. The van der Waals surface area contributed by atoms with Crippen molar-refractivity contribution >= 4 is 0 Å². The smallest absolute Gasteiger partial charge is 0.299 e. The fraction of sp³-hybridized carbons (Fsp3) is 0.600. The van der Waals surface area contributed by atoms with Gasteiger partial charge in [0, 0.05) is 6.04 Å². The standard InChI is InChI=1S/C15H20F3N/c1-10(2)11-6-8-12(9-7-11)13-4-3-5-14(19-13)15(16,17)18/h6-10,13-14,19H,3-5H2,1-2H3. The zero-order valence-corrected chi connectivity index (χ0v) is 11.3. The fourth-order valence-electron chi connectivity index (χ4n) is 2.57. The van der Waals surface area contributed by atoms with Crippen LogP contribution in [0.2, 0.25) is 0 Å². The van der Waals surface area contributed by atoms with E-state index in [0.29, 0.717) is 12.3 Å². The van der Waals surface area contributed by atoms with E-state index in [9.17, 15) is 13.2 Å². The first-order valence-corrected chi connectivity index (χ1v) is 6.80. The van der Waals surface area contributed by atoms with E-state index in [1.165, 1.54) is 5.56 Å². The number of piperidine rings is 1. The Balaban J connectivity index is 2.09. The molecule has 0 spiro atoms. The lowest BCUT2D eigenvalue weighted by molar-refractivity contribution is -0.163. The maximum Gasteiger partial charge on any atom is 0.403 e. The Morgan fingerprint density at radius 2 is 1.74 bits per heavy atom. The van der Waals surface area contributed by atoms with Crippen molar-refractivity contribution in [3.05, 3.63) is 35.4 Å². The lowest BCUT2D eigenvalue weighted by atomic mass is 9.92. The van der Waals surface area contributed by atoms with Crippen LogP contribution < -0.4 is 5.32 Å². The van der Waals surface area contributed by atoms with Crippen LogP contribution in [0.1, 0.15) is 56.2 Å².